The number of rotatable bonds is 3. The molecule has 2 aromatic rings. The van der Waals surface area contributed by atoms with Crippen molar-refractivity contribution in [1.82, 2.24) is 15.0 Å². The number of aromatic nitrogens is 1. The molecule has 5 nitrogen and oxygen atoms in total. The van der Waals surface area contributed by atoms with Gasteiger partial charge in [-0.15, -0.1) is 0 Å². The minimum Gasteiger partial charge on any atom is -0.364 e. The quantitative estimate of drug-likeness (QED) is 0.835. The summed E-state index contributed by atoms with van der Waals surface area (Å²) in [5.74, 6) is 0.617. The second kappa shape index (κ2) is 6.79. The van der Waals surface area contributed by atoms with Crippen LogP contribution >= 0.6 is 0 Å². The molecule has 142 valence electrons. The highest BCUT2D eigenvalue weighted by Crippen LogP contribution is 2.47. The Kier molecular flexibility index (Phi) is 4.27. The molecule has 1 aromatic heterocycles. The molecule has 1 spiro atoms. The molecule has 5 rings (SSSR count). The van der Waals surface area contributed by atoms with Gasteiger partial charge in [0.2, 0.25) is 0 Å². The molecule has 1 amide bonds. The van der Waals surface area contributed by atoms with Gasteiger partial charge in [0, 0.05) is 38.3 Å². The summed E-state index contributed by atoms with van der Waals surface area (Å²) < 4.78 is 4.84. The lowest BCUT2D eigenvalue weighted by Gasteiger charge is -2.50. The number of hydrogen-bond acceptors (Lipinski definition) is 4. The minimum absolute atomic E-state index is 0.00747. The van der Waals surface area contributed by atoms with Crippen molar-refractivity contribution in [3.63, 3.8) is 0 Å². The molecule has 3 heterocycles. The molecule has 5 heteroatoms. The fraction of sp³-hybridized carbons (Fsp3) is 0.545. The van der Waals surface area contributed by atoms with Crippen LogP contribution in [0.3, 0.4) is 0 Å². The highest BCUT2D eigenvalue weighted by Gasteiger charge is 2.46. The maximum Gasteiger partial charge on any atom is 0.276 e. The number of amides is 1. The van der Waals surface area contributed by atoms with E-state index in [-0.39, 0.29) is 5.91 Å². The maximum absolute atomic E-state index is 12.6. The topological polar surface area (TPSA) is 49.6 Å². The molecule has 3 aliphatic rings. The van der Waals surface area contributed by atoms with Gasteiger partial charge in [-0.1, -0.05) is 35.5 Å². The fourth-order valence-electron chi connectivity index (χ4n) is 5.13. The molecule has 0 radical (unpaired) electrons. The van der Waals surface area contributed by atoms with Gasteiger partial charge in [-0.2, -0.15) is 0 Å². The predicted octanol–water partition coefficient (Wildman–Crippen LogP) is 3.55. The fourth-order valence-corrected chi connectivity index (χ4v) is 5.13. The number of likely N-dealkylation sites (tertiary alicyclic amines) is 2. The van der Waals surface area contributed by atoms with E-state index in [0.717, 1.165) is 32.0 Å². The minimum atomic E-state index is 0.00747. The van der Waals surface area contributed by atoms with Gasteiger partial charge in [0.25, 0.3) is 5.91 Å². The molecule has 3 fully saturated rings. The lowest BCUT2D eigenvalue weighted by atomic mass is 9.68. The second-order valence-corrected chi connectivity index (χ2v) is 8.65. The number of nitrogens with zero attached hydrogens (tertiary/aromatic N) is 3. The van der Waals surface area contributed by atoms with Crippen molar-refractivity contribution in [1.29, 1.82) is 0 Å². The van der Waals surface area contributed by atoms with Crippen LogP contribution in [-0.4, -0.2) is 53.1 Å². The number of hydrogen-bond donors (Lipinski definition) is 0. The van der Waals surface area contributed by atoms with E-state index in [2.05, 4.69) is 40.4 Å². The molecular weight excluding hydrogens is 338 g/mol. The summed E-state index contributed by atoms with van der Waals surface area (Å²) in [6.07, 6.45) is 7.60. The second-order valence-electron chi connectivity index (χ2n) is 8.65. The van der Waals surface area contributed by atoms with Gasteiger partial charge in [-0.3, -0.25) is 9.69 Å². The zero-order valence-corrected chi connectivity index (χ0v) is 15.7. The Morgan fingerprint density at radius 2 is 1.89 bits per heavy atom. The highest BCUT2D eigenvalue weighted by atomic mass is 16.5. The first-order chi connectivity index (χ1) is 13.2. The molecule has 0 unspecified atom stereocenters. The maximum atomic E-state index is 12.6. The lowest BCUT2D eigenvalue weighted by molar-refractivity contribution is 0.0108. The Balaban J connectivity index is 1.32. The smallest absolute Gasteiger partial charge is 0.276 e. The molecule has 1 atom stereocenters. The lowest BCUT2D eigenvalue weighted by Crippen LogP contribution is -2.53. The zero-order chi connectivity index (χ0) is 18.3. The Bertz CT molecular complexity index is 777. The van der Waals surface area contributed by atoms with Crippen LogP contribution < -0.4 is 0 Å². The summed E-state index contributed by atoms with van der Waals surface area (Å²) in [6, 6.07) is 13.5. The first-order valence-electron chi connectivity index (χ1n) is 10.2. The molecule has 2 aliphatic heterocycles. The Morgan fingerprint density at radius 1 is 1.11 bits per heavy atom. The predicted molar refractivity (Wildman–Crippen MR) is 102 cm³/mol. The third-order valence-corrected chi connectivity index (χ3v) is 6.78. The van der Waals surface area contributed by atoms with Gasteiger partial charge in [0.15, 0.2) is 5.69 Å². The van der Waals surface area contributed by atoms with Gasteiger partial charge >= 0.3 is 0 Å². The van der Waals surface area contributed by atoms with Crippen LogP contribution in [0.25, 0.3) is 0 Å². The first kappa shape index (κ1) is 17.0. The third kappa shape index (κ3) is 3.41. The van der Waals surface area contributed by atoms with Crippen molar-refractivity contribution in [2.24, 2.45) is 5.41 Å². The number of carbonyl (C=O) groups is 1. The van der Waals surface area contributed by atoms with Crippen LogP contribution in [0.1, 0.15) is 54.1 Å². The number of benzene rings is 1. The highest BCUT2D eigenvalue weighted by molar-refractivity contribution is 5.92. The van der Waals surface area contributed by atoms with Crippen molar-refractivity contribution in [3.05, 3.63) is 53.9 Å². The van der Waals surface area contributed by atoms with Crippen molar-refractivity contribution < 1.29 is 9.32 Å². The molecule has 0 N–H and O–H groups in total. The van der Waals surface area contributed by atoms with Crippen molar-refractivity contribution >= 4 is 5.91 Å². The van der Waals surface area contributed by atoms with Gasteiger partial charge in [-0.25, -0.2) is 0 Å². The average Bonchev–Trinajstić information content (AvgIpc) is 3.43. The number of carbonyl (C=O) groups excluding carboxylic acids is 1. The van der Waals surface area contributed by atoms with Crippen LogP contribution in [-0.2, 0) is 0 Å². The molecule has 0 bridgehead atoms. The average molecular weight is 365 g/mol. The van der Waals surface area contributed by atoms with E-state index in [1.165, 1.54) is 44.2 Å². The monoisotopic (exact) mass is 365 g/mol. The van der Waals surface area contributed by atoms with Gasteiger partial charge in [0.05, 0.1) is 0 Å². The zero-order valence-electron chi connectivity index (χ0n) is 15.7. The largest absolute Gasteiger partial charge is 0.364 e. The van der Waals surface area contributed by atoms with Crippen molar-refractivity contribution in [2.75, 3.05) is 26.2 Å². The van der Waals surface area contributed by atoms with E-state index in [1.807, 2.05) is 4.90 Å². The number of piperidine rings is 2. The van der Waals surface area contributed by atoms with Crippen LogP contribution in [0.15, 0.2) is 47.2 Å². The van der Waals surface area contributed by atoms with E-state index in [0.29, 0.717) is 17.0 Å². The Labute approximate surface area is 160 Å². The molecule has 27 heavy (non-hydrogen) atoms. The first-order valence-corrected chi connectivity index (χ1v) is 10.2. The summed E-state index contributed by atoms with van der Waals surface area (Å²) in [4.78, 5) is 17.3. The normalized spacial score (nSPS) is 25.6. The summed E-state index contributed by atoms with van der Waals surface area (Å²) in [7, 11) is 0. The molecule has 1 aromatic carbocycles. The third-order valence-electron chi connectivity index (χ3n) is 6.78. The van der Waals surface area contributed by atoms with Crippen LogP contribution in [0.2, 0.25) is 0 Å². The van der Waals surface area contributed by atoms with E-state index in [1.54, 1.807) is 6.07 Å². The van der Waals surface area contributed by atoms with Gasteiger partial charge < -0.3 is 9.42 Å². The molecular formula is C22H27N3O2. The van der Waals surface area contributed by atoms with Crippen molar-refractivity contribution in [3.8, 4) is 0 Å². The summed E-state index contributed by atoms with van der Waals surface area (Å²) in [5.41, 5.74) is 2.24. The van der Waals surface area contributed by atoms with E-state index in [4.69, 9.17) is 4.52 Å². The molecule has 2 saturated heterocycles. The van der Waals surface area contributed by atoms with Crippen LogP contribution in [0.5, 0.6) is 0 Å². The Morgan fingerprint density at radius 3 is 2.56 bits per heavy atom. The van der Waals surface area contributed by atoms with E-state index < -0.39 is 0 Å². The Hall–Kier alpha value is -2.14. The SMILES string of the molecule is O=C(c1ccon1)N1CCC2(CC1)C[C@@H](c1ccccc1)CN(C1CC1)C2. The molecule has 1 saturated carbocycles. The van der Waals surface area contributed by atoms with Crippen LogP contribution in [0, 0.1) is 5.41 Å². The van der Waals surface area contributed by atoms with E-state index >= 15 is 0 Å². The summed E-state index contributed by atoms with van der Waals surface area (Å²) >= 11 is 0. The standard InChI is InChI=1S/C22H27N3O2/c26-21(20-8-13-27-23-20)24-11-9-22(10-12-24)14-18(17-4-2-1-3-5-17)15-25(16-22)19-6-7-19/h1-5,8,13,18-19H,6-7,9-12,14-16H2/t18-/m1/s1. The van der Waals surface area contributed by atoms with Gasteiger partial charge in [-0.05, 0) is 49.0 Å². The van der Waals surface area contributed by atoms with E-state index in [9.17, 15) is 4.79 Å². The van der Waals surface area contributed by atoms with Gasteiger partial charge in [0.1, 0.15) is 6.26 Å². The molecule has 1 aliphatic carbocycles. The summed E-state index contributed by atoms with van der Waals surface area (Å²) in [5, 5.41) is 3.82. The summed E-state index contributed by atoms with van der Waals surface area (Å²) in [6.45, 7) is 4.04. The van der Waals surface area contributed by atoms with Crippen LogP contribution in [0.4, 0.5) is 0 Å². The van der Waals surface area contributed by atoms with Crippen molar-refractivity contribution in [2.45, 2.75) is 44.1 Å².